The molecular weight excluding hydrogens is 398 g/mol. The molecule has 2 atom stereocenters. The Hall–Kier alpha value is -3.18. The van der Waals surface area contributed by atoms with Gasteiger partial charge in [0, 0.05) is 19.3 Å². The number of methoxy groups -OCH3 is 1. The van der Waals surface area contributed by atoms with Crippen LogP contribution < -0.4 is 10.1 Å². The van der Waals surface area contributed by atoms with Gasteiger partial charge in [0.05, 0.1) is 25.3 Å². The molecule has 2 aromatic carbocycles. The van der Waals surface area contributed by atoms with Gasteiger partial charge in [-0.15, -0.1) is 0 Å². The average molecular weight is 430 g/mol. The standard InChI is InChI=1S/C27H31N3O2/c1-32-24-13-7-11-22(17-24)19-30-16-8-12-23(20-30)27(25-14-5-6-15-28-25)29-26(31)18-21-9-3-2-4-10-21/h2-7,9-11,13-15,17,23,27H,8,12,16,18-20H2,1H3,(H,29,31)/t23-,27+/m1/s1. The van der Waals surface area contributed by atoms with Gasteiger partial charge >= 0.3 is 0 Å². The van der Waals surface area contributed by atoms with E-state index in [1.54, 1.807) is 7.11 Å². The van der Waals surface area contributed by atoms with Crippen LogP contribution in [0.1, 0.15) is 35.7 Å². The van der Waals surface area contributed by atoms with Crippen LogP contribution in [0.25, 0.3) is 0 Å². The predicted octanol–water partition coefficient (Wildman–Crippen LogP) is 4.40. The Morgan fingerprint density at radius 2 is 1.91 bits per heavy atom. The van der Waals surface area contributed by atoms with Gasteiger partial charge in [-0.3, -0.25) is 14.7 Å². The second-order valence-corrected chi connectivity index (χ2v) is 8.45. The highest BCUT2D eigenvalue weighted by Gasteiger charge is 2.30. The maximum absolute atomic E-state index is 12.9. The molecule has 0 radical (unpaired) electrons. The number of benzene rings is 2. The molecule has 32 heavy (non-hydrogen) atoms. The van der Waals surface area contributed by atoms with Gasteiger partial charge in [0.2, 0.25) is 5.91 Å². The predicted molar refractivity (Wildman–Crippen MR) is 126 cm³/mol. The van der Waals surface area contributed by atoms with Crippen molar-refractivity contribution in [1.82, 2.24) is 15.2 Å². The third-order valence-corrected chi connectivity index (χ3v) is 6.08. The molecule has 0 spiro atoms. The number of rotatable bonds is 8. The fraction of sp³-hybridized carbons (Fsp3) is 0.333. The van der Waals surface area contributed by atoms with Crippen LogP contribution in [-0.2, 0) is 17.8 Å². The number of pyridine rings is 1. The van der Waals surface area contributed by atoms with Crippen LogP contribution in [0.15, 0.2) is 79.0 Å². The van der Waals surface area contributed by atoms with Gasteiger partial charge < -0.3 is 10.1 Å². The maximum atomic E-state index is 12.9. The van der Waals surface area contributed by atoms with Gasteiger partial charge in [-0.05, 0) is 60.7 Å². The Morgan fingerprint density at radius 1 is 1.09 bits per heavy atom. The minimum atomic E-state index is -0.0967. The van der Waals surface area contributed by atoms with Crippen LogP contribution in [0.5, 0.6) is 5.75 Å². The zero-order chi connectivity index (χ0) is 22.2. The minimum Gasteiger partial charge on any atom is -0.497 e. The Bertz CT molecular complexity index is 994. The quantitative estimate of drug-likeness (QED) is 0.577. The third kappa shape index (κ3) is 5.95. The zero-order valence-corrected chi connectivity index (χ0v) is 18.6. The third-order valence-electron chi connectivity index (χ3n) is 6.08. The number of nitrogens with zero attached hydrogens (tertiary/aromatic N) is 2. The number of amides is 1. The van der Waals surface area contributed by atoms with E-state index >= 15 is 0 Å². The van der Waals surface area contributed by atoms with E-state index in [2.05, 4.69) is 27.3 Å². The first kappa shape index (κ1) is 22.0. The largest absolute Gasteiger partial charge is 0.497 e. The number of piperidine rings is 1. The van der Waals surface area contributed by atoms with Gasteiger partial charge in [-0.2, -0.15) is 0 Å². The molecule has 1 N–H and O–H groups in total. The van der Waals surface area contributed by atoms with Crippen molar-refractivity contribution in [2.45, 2.75) is 31.8 Å². The van der Waals surface area contributed by atoms with Crippen molar-refractivity contribution in [3.8, 4) is 5.75 Å². The van der Waals surface area contributed by atoms with Gasteiger partial charge in [0.1, 0.15) is 5.75 Å². The van der Waals surface area contributed by atoms with Crippen LogP contribution in [0.3, 0.4) is 0 Å². The van der Waals surface area contributed by atoms with E-state index in [4.69, 9.17) is 4.74 Å². The van der Waals surface area contributed by atoms with Crippen molar-refractivity contribution in [2.75, 3.05) is 20.2 Å². The molecule has 3 aromatic rings. The normalized spacial score (nSPS) is 17.5. The lowest BCUT2D eigenvalue weighted by Gasteiger charge is -2.37. The van der Waals surface area contributed by atoms with Crippen molar-refractivity contribution in [3.05, 3.63) is 95.8 Å². The monoisotopic (exact) mass is 429 g/mol. The van der Waals surface area contributed by atoms with E-state index in [0.29, 0.717) is 12.3 Å². The molecule has 1 saturated heterocycles. The summed E-state index contributed by atoms with van der Waals surface area (Å²) in [5, 5.41) is 3.31. The lowest BCUT2D eigenvalue weighted by molar-refractivity contribution is -0.121. The Balaban J connectivity index is 1.47. The number of ether oxygens (including phenoxy) is 1. The minimum absolute atomic E-state index is 0.0387. The topological polar surface area (TPSA) is 54.5 Å². The summed E-state index contributed by atoms with van der Waals surface area (Å²) in [5.41, 5.74) is 3.20. The molecule has 0 aliphatic carbocycles. The summed E-state index contributed by atoms with van der Waals surface area (Å²) < 4.78 is 5.38. The summed E-state index contributed by atoms with van der Waals surface area (Å²) in [6, 6.07) is 24.0. The van der Waals surface area contributed by atoms with E-state index in [-0.39, 0.29) is 11.9 Å². The second kappa shape index (κ2) is 10.9. The van der Waals surface area contributed by atoms with Crippen molar-refractivity contribution < 1.29 is 9.53 Å². The van der Waals surface area contributed by atoms with Gasteiger partial charge in [-0.25, -0.2) is 0 Å². The van der Waals surface area contributed by atoms with Crippen molar-refractivity contribution >= 4 is 5.91 Å². The van der Waals surface area contributed by atoms with Crippen molar-refractivity contribution in [2.24, 2.45) is 5.92 Å². The lowest BCUT2D eigenvalue weighted by atomic mass is 9.88. The molecule has 1 aromatic heterocycles. The van der Waals surface area contributed by atoms with Crippen LogP contribution in [0, 0.1) is 5.92 Å². The number of likely N-dealkylation sites (tertiary alicyclic amines) is 1. The number of carbonyl (C=O) groups excluding carboxylic acids is 1. The van der Waals surface area contributed by atoms with E-state index < -0.39 is 0 Å². The first-order valence-electron chi connectivity index (χ1n) is 11.3. The molecule has 166 valence electrons. The zero-order valence-electron chi connectivity index (χ0n) is 18.6. The molecule has 2 heterocycles. The van der Waals surface area contributed by atoms with E-state index in [1.165, 1.54) is 5.56 Å². The molecule has 0 saturated carbocycles. The number of nitrogens with one attached hydrogen (secondary N) is 1. The summed E-state index contributed by atoms with van der Waals surface area (Å²) in [6.07, 6.45) is 4.36. The van der Waals surface area contributed by atoms with Crippen LogP contribution in [0.4, 0.5) is 0 Å². The number of aromatic nitrogens is 1. The number of hydrogen-bond donors (Lipinski definition) is 1. The molecule has 5 nitrogen and oxygen atoms in total. The maximum Gasteiger partial charge on any atom is 0.224 e. The van der Waals surface area contributed by atoms with Crippen molar-refractivity contribution in [1.29, 1.82) is 0 Å². The fourth-order valence-corrected chi connectivity index (χ4v) is 4.53. The van der Waals surface area contributed by atoms with Gasteiger partial charge in [-0.1, -0.05) is 48.5 Å². The summed E-state index contributed by atoms with van der Waals surface area (Å²) in [6.45, 7) is 2.85. The molecule has 1 aliphatic heterocycles. The highest BCUT2D eigenvalue weighted by molar-refractivity contribution is 5.79. The molecule has 1 amide bonds. The van der Waals surface area contributed by atoms with E-state index in [1.807, 2.05) is 66.9 Å². The fourth-order valence-electron chi connectivity index (χ4n) is 4.53. The summed E-state index contributed by atoms with van der Waals surface area (Å²) in [5.74, 6) is 1.23. The van der Waals surface area contributed by atoms with Crippen LogP contribution in [-0.4, -0.2) is 36.0 Å². The van der Waals surface area contributed by atoms with Gasteiger partial charge in [0.25, 0.3) is 0 Å². The lowest BCUT2D eigenvalue weighted by Crippen LogP contribution is -2.43. The van der Waals surface area contributed by atoms with Gasteiger partial charge in [0.15, 0.2) is 0 Å². The summed E-state index contributed by atoms with van der Waals surface area (Å²) >= 11 is 0. The Morgan fingerprint density at radius 3 is 2.69 bits per heavy atom. The molecule has 5 heteroatoms. The molecular formula is C27H31N3O2. The highest BCUT2D eigenvalue weighted by atomic mass is 16.5. The number of hydrogen-bond acceptors (Lipinski definition) is 4. The van der Waals surface area contributed by atoms with E-state index in [9.17, 15) is 4.79 Å². The van der Waals surface area contributed by atoms with Crippen LogP contribution >= 0.6 is 0 Å². The highest BCUT2D eigenvalue weighted by Crippen LogP contribution is 2.30. The molecule has 0 bridgehead atoms. The first-order valence-corrected chi connectivity index (χ1v) is 11.3. The second-order valence-electron chi connectivity index (χ2n) is 8.45. The first-order chi connectivity index (χ1) is 15.7. The molecule has 1 aliphatic rings. The molecule has 0 unspecified atom stereocenters. The number of carbonyl (C=O) groups is 1. The average Bonchev–Trinajstić information content (AvgIpc) is 2.84. The Kier molecular flexibility index (Phi) is 7.51. The Labute approximate surface area is 190 Å². The van der Waals surface area contributed by atoms with Crippen LogP contribution in [0.2, 0.25) is 0 Å². The SMILES string of the molecule is COc1cccc(CN2CCC[C@@H]([C@H](NC(=O)Cc3ccccc3)c3ccccn3)C2)c1. The summed E-state index contributed by atoms with van der Waals surface area (Å²) in [7, 11) is 1.70. The van der Waals surface area contributed by atoms with Crippen molar-refractivity contribution in [3.63, 3.8) is 0 Å². The van der Waals surface area contributed by atoms with E-state index in [0.717, 1.165) is 49.5 Å². The smallest absolute Gasteiger partial charge is 0.224 e. The molecule has 4 rings (SSSR count). The molecule has 1 fully saturated rings. The summed E-state index contributed by atoms with van der Waals surface area (Å²) in [4.78, 5) is 20.0.